The van der Waals surface area contributed by atoms with Gasteiger partial charge in [0, 0.05) is 5.69 Å². The Hall–Kier alpha value is -2.63. The lowest BCUT2D eigenvalue weighted by atomic mass is 10.1. The molecule has 1 aromatic carbocycles. The van der Waals surface area contributed by atoms with Gasteiger partial charge in [0.15, 0.2) is 0 Å². The largest absolute Gasteiger partial charge is 0.494 e. The Morgan fingerprint density at radius 2 is 2.00 bits per heavy atom. The number of nitrogens with one attached hydrogen (secondary N) is 1. The zero-order chi connectivity index (χ0) is 17.5. The summed E-state index contributed by atoms with van der Waals surface area (Å²) in [7, 11) is 0. The van der Waals surface area contributed by atoms with E-state index in [4.69, 9.17) is 4.74 Å². The zero-order valence-electron chi connectivity index (χ0n) is 14.7. The second kappa shape index (κ2) is 8.29. The summed E-state index contributed by atoms with van der Waals surface area (Å²) in [5.74, 6) is 0.630. The summed E-state index contributed by atoms with van der Waals surface area (Å²) in [5.41, 5.74) is 6.09. The molecule has 0 aliphatic rings. The molecule has 0 aliphatic heterocycles. The molecule has 0 unspecified atom stereocenters. The van der Waals surface area contributed by atoms with Crippen LogP contribution in [0, 0.1) is 13.8 Å². The van der Waals surface area contributed by atoms with Gasteiger partial charge in [0.1, 0.15) is 12.3 Å². The normalized spacial score (nSPS) is 11.4. The molecule has 1 heterocycles. The van der Waals surface area contributed by atoms with Crippen molar-refractivity contribution in [3.63, 3.8) is 0 Å². The van der Waals surface area contributed by atoms with Crippen LogP contribution in [0.1, 0.15) is 37.2 Å². The van der Waals surface area contributed by atoms with Gasteiger partial charge in [-0.2, -0.15) is 10.2 Å². The van der Waals surface area contributed by atoms with E-state index in [2.05, 4.69) is 22.5 Å². The van der Waals surface area contributed by atoms with Gasteiger partial charge >= 0.3 is 0 Å². The standard InChI is InChI=1S/C18H24N4O2/c1-5-10-24-17-8-6-16(7-9-17)15(4)19-20-18(23)12-22-14(3)11-13(2)21-22/h6-9,11H,5,10,12H2,1-4H3,(H,20,23). The fourth-order valence-corrected chi connectivity index (χ4v) is 2.23. The lowest BCUT2D eigenvalue weighted by Gasteiger charge is -2.07. The maximum absolute atomic E-state index is 12.0. The number of nitrogens with zero attached hydrogens (tertiary/aromatic N) is 3. The van der Waals surface area contributed by atoms with Gasteiger partial charge in [-0.15, -0.1) is 0 Å². The number of rotatable bonds is 7. The number of carbonyl (C=O) groups excluding carboxylic acids is 1. The number of amides is 1. The first kappa shape index (κ1) is 17.7. The molecule has 2 aromatic rings. The van der Waals surface area contributed by atoms with Crippen LogP contribution >= 0.6 is 0 Å². The van der Waals surface area contributed by atoms with Crippen LogP contribution in [0.15, 0.2) is 35.4 Å². The molecule has 1 aromatic heterocycles. The molecule has 0 aliphatic carbocycles. The van der Waals surface area contributed by atoms with E-state index in [1.807, 2.05) is 51.1 Å². The maximum atomic E-state index is 12.0. The molecule has 0 saturated carbocycles. The van der Waals surface area contributed by atoms with Crippen LogP contribution in [0.25, 0.3) is 0 Å². The van der Waals surface area contributed by atoms with Crippen LogP contribution < -0.4 is 10.2 Å². The summed E-state index contributed by atoms with van der Waals surface area (Å²) in [5, 5.41) is 8.42. The topological polar surface area (TPSA) is 68.5 Å². The van der Waals surface area contributed by atoms with E-state index in [9.17, 15) is 4.79 Å². The second-order valence-electron chi connectivity index (χ2n) is 5.69. The molecule has 0 atom stereocenters. The minimum Gasteiger partial charge on any atom is -0.494 e. The number of ether oxygens (including phenoxy) is 1. The van der Waals surface area contributed by atoms with Crippen molar-refractivity contribution in [3.05, 3.63) is 47.3 Å². The summed E-state index contributed by atoms with van der Waals surface area (Å²) in [6.45, 7) is 8.60. The van der Waals surface area contributed by atoms with E-state index in [0.29, 0.717) is 6.61 Å². The number of hydrogen-bond acceptors (Lipinski definition) is 4. The lowest BCUT2D eigenvalue weighted by Crippen LogP contribution is -2.25. The molecule has 24 heavy (non-hydrogen) atoms. The molecular formula is C18H24N4O2. The first-order valence-corrected chi connectivity index (χ1v) is 8.07. The van der Waals surface area contributed by atoms with Crippen molar-refractivity contribution >= 4 is 11.6 Å². The van der Waals surface area contributed by atoms with Crippen LogP contribution in [0.2, 0.25) is 0 Å². The molecule has 128 valence electrons. The third-order valence-electron chi connectivity index (χ3n) is 3.49. The van der Waals surface area contributed by atoms with Gasteiger partial charge in [0.05, 0.1) is 18.0 Å². The average Bonchev–Trinajstić information content (AvgIpc) is 2.88. The molecule has 1 amide bonds. The van der Waals surface area contributed by atoms with Crippen LogP contribution in [-0.4, -0.2) is 28.0 Å². The third kappa shape index (κ3) is 4.94. The minimum absolute atomic E-state index is 0.153. The van der Waals surface area contributed by atoms with E-state index in [1.54, 1.807) is 4.68 Å². The highest BCUT2D eigenvalue weighted by Gasteiger charge is 2.07. The van der Waals surface area contributed by atoms with Gasteiger partial charge in [-0.1, -0.05) is 6.92 Å². The average molecular weight is 328 g/mol. The molecule has 0 spiro atoms. The minimum atomic E-state index is -0.205. The SMILES string of the molecule is CCCOc1ccc(C(C)=NNC(=O)Cn2nc(C)cc2C)cc1. The van der Waals surface area contributed by atoms with Crippen LogP contribution in [0.5, 0.6) is 5.75 Å². The molecule has 6 heteroatoms. The van der Waals surface area contributed by atoms with Crippen molar-refractivity contribution in [1.29, 1.82) is 0 Å². The quantitative estimate of drug-likeness (QED) is 0.628. The Kier molecular flexibility index (Phi) is 6.12. The number of carbonyl (C=O) groups is 1. The molecule has 0 radical (unpaired) electrons. The van der Waals surface area contributed by atoms with Crippen LogP contribution in [0.4, 0.5) is 0 Å². The predicted octanol–water partition coefficient (Wildman–Crippen LogP) is 2.83. The van der Waals surface area contributed by atoms with Crippen LogP contribution in [-0.2, 0) is 11.3 Å². The van der Waals surface area contributed by atoms with Crippen molar-refractivity contribution in [3.8, 4) is 5.75 Å². The Labute approximate surface area is 142 Å². The van der Waals surface area contributed by atoms with Crippen molar-refractivity contribution in [2.45, 2.75) is 40.7 Å². The molecule has 0 bridgehead atoms. The molecule has 2 rings (SSSR count). The number of hydrogen-bond donors (Lipinski definition) is 1. The van der Waals surface area contributed by atoms with Gasteiger partial charge < -0.3 is 4.74 Å². The Morgan fingerprint density at radius 3 is 2.58 bits per heavy atom. The third-order valence-corrected chi connectivity index (χ3v) is 3.49. The Morgan fingerprint density at radius 1 is 1.29 bits per heavy atom. The summed E-state index contributed by atoms with van der Waals surface area (Å²) in [6, 6.07) is 9.60. The van der Waals surface area contributed by atoms with E-state index >= 15 is 0 Å². The fourth-order valence-electron chi connectivity index (χ4n) is 2.23. The van der Waals surface area contributed by atoms with Crippen molar-refractivity contribution in [1.82, 2.24) is 15.2 Å². The number of aryl methyl sites for hydroxylation is 2. The monoisotopic (exact) mass is 328 g/mol. The predicted molar refractivity (Wildman–Crippen MR) is 94.3 cm³/mol. The molecule has 0 saturated heterocycles. The first-order chi connectivity index (χ1) is 11.5. The highest BCUT2D eigenvalue weighted by molar-refractivity contribution is 5.99. The second-order valence-corrected chi connectivity index (χ2v) is 5.69. The van der Waals surface area contributed by atoms with E-state index in [-0.39, 0.29) is 12.5 Å². The Bertz CT molecular complexity index is 717. The van der Waals surface area contributed by atoms with Crippen LogP contribution in [0.3, 0.4) is 0 Å². The van der Waals surface area contributed by atoms with E-state index < -0.39 is 0 Å². The smallest absolute Gasteiger partial charge is 0.261 e. The van der Waals surface area contributed by atoms with Gasteiger partial charge in [-0.3, -0.25) is 9.48 Å². The van der Waals surface area contributed by atoms with E-state index in [1.165, 1.54) is 0 Å². The summed E-state index contributed by atoms with van der Waals surface area (Å²) >= 11 is 0. The Balaban J connectivity index is 1.93. The highest BCUT2D eigenvalue weighted by atomic mass is 16.5. The molecular weight excluding hydrogens is 304 g/mol. The maximum Gasteiger partial charge on any atom is 0.261 e. The van der Waals surface area contributed by atoms with Gasteiger partial charge in [0.25, 0.3) is 5.91 Å². The van der Waals surface area contributed by atoms with Gasteiger partial charge in [-0.05, 0) is 63.1 Å². The molecule has 6 nitrogen and oxygen atoms in total. The summed E-state index contributed by atoms with van der Waals surface area (Å²) in [4.78, 5) is 12.0. The van der Waals surface area contributed by atoms with Crippen molar-refractivity contribution in [2.75, 3.05) is 6.61 Å². The number of aromatic nitrogens is 2. The summed E-state index contributed by atoms with van der Waals surface area (Å²) in [6.07, 6.45) is 0.976. The fraction of sp³-hybridized carbons (Fsp3) is 0.389. The number of hydrazone groups is 1. The number of benzene rings is 1. The lowest BCUT2D eigenvalue weighted by molar-refractivity contribution is -0.121. The van der Waals surface area contributed by atoms with Gasteiger partial charge in [-0.25, -0.2) is 5.43 Å². The zero-order valence-corrected chi connectivity index (χ0v) is 14.7. The van der Waals surface area contributed by atoms with Crippen molar-refractivity contribution < 1.29 is 9.53 Å². The van der Waals surface area contributed by atoms with Crippen molar-refractivity contribution in [2.24, 2.45) is 5.10 Å². The van der Waals surface area contributed by atoms with E-state index in [0.717, 1.165) is 34.8 Å². The first-order valence-electron chi connectivity index (χ1n) is 8.07. The molecule has 0 fully saturated rings. The van der Waals surface area contributed by atoms with Gasteiger partial charge in [0.2, 0.25) is 0 Å². The highest BCUT2D eigenvalue weighted by Crippen LogP contribution is 2.13. The molecule has 1 N–H and O–H groups in total. The summed E-state index contributed by atoms with van der Waals surface area (Å²) < 4.78 is 7.21.